The summed E-state index contributed by atoms with van der Waals surface area (Å²) in [6, 6.07) is 0.0132. The van der Waals surface area contributed by atoms with E-state index < -0.39 is 6.17 Å². The van der Waals surface area contributed by atoms with Crippen LogP contribution in [0.2, 0.25) is 0 Å². The molecule has 0 saturated carbocycles. The first kappa shape index (κ1) is 13.2. The second kappa shape index (κ2) is 5.62. The summed E-state index contributed by atoms with van der Waals surface area (Å²) in [5.74, 6) is -0.176. The van der Waals surface area contributed by atoms with Crippen molar-refractivity contribution in [2.24, 2.45) is 0 Å². The summed E-state index contributed by atoms with van der Waals surface area (Å²) < 4.78 is 12.9. The number of rotatable bonds is 4. The molecule has 0 aromatic carbocycles. The number of carbonyl (C=O) groups excluding carboxylic acids is 1. The molecule has 2 atom stereocenters. The molecule has 0 radical (unpaired) electrons. The van der Waals surface area contributed by atoms with Gasteiger partial charge in [0.15, 0.2) is 5.13 Å². The van der Waals surface area contributed by atoms with Gasteiger partial charge >= 0.3 is 0 Å². The number of nitrogens with two attached hydrogens (primary N) is 1. The topological polar surface area (TPSA) is 80.0 Å². The van der Waals surface area contributed by atoms with Gasteiger partial charge in [-0.05, 0) is 12.8 Å². The second-order valence-electron chi connectivity index (χ2n) is 4.33. The van der Waals surface area contributed by atoms with Crippen LogP contribution in [-0.4, -0.2) is 36.2 Å². The van der Waals surface area contributed by atoms with Crippen molar-refractivity contribution in [1.29, 1.82) is 0 Å². The van der Waals surface area contributed by atoms with Crippen LogP contribution in [0.15, 0.2) is 0 Å². The van der Waals surface area contributed by atoms with E-state index in [4.69, 9.17) is 5.73 Å². The van der Waals surface area contributed by atoms with E-state index in [1.54, 1.807) is 0 Å². The monoisotopic (exact) mass is 272 g/mol. The number of nitrogens with one attached hydrogen (secondary N) is 2. The third-order valence-electron chi connectivity index (χ3n) is 2.93. The predicted molar refractivity (Wildman–Crippen MR) is 69.5 cm³/mol. The summed E-state index contributed by atoms with van der Waals surface area (Å²) in [6.45, 7) is 2.73. The lowest BCUT2D eigenvalue weighted by Crippen LogP contribution is -2.37. The number of amides is 1. The molecule has 1 aromatic rings. The molecule has 1 aromatic heterocycles. The maximum Gasteiger partial charge on any atom is 0.263 e. The van der Waals surface area contributed by atoms with E-state index in [1.165, 1.54) is 11.3 Å². The van der Waals surface area contributed by atoms with Crippen molar-refractivity contribution in [3.8, 4) is 0 Å². The highest BCUT2D eigenvalue weighted by Gasteiger charge is 2.24. The molecule has 1 fully saturated rings. The van der Waals surface area contributed by atoms with E-state index in [2.05, 4.69) is 15.6 Å². The summed E-state index contributed by atoms with van der Waals surface area (Å²) in [6.07, 6.45) is 0.313. The number of halogens is 1. The third kappa shape index (κ3) is 2.97. The molecule has 7 heteroatoms. The molecule has 2 rings (SSSR count). The van der Waals surface area contributed by atoms with Gasteiger partial charge in [0.25, 0.3) is 5.91 Å². The Morgan fingerprint density at radius 2 is 2.50 bits per heavy atom. The smallest absolute Gasteiger partial charge is 0.263 e. The van der Waals surface area contributed by atoms with E-state index in [0.717, 1.165) is 5.69 Å². The predicted octanol–water partition coefficient (Wildman–Crippen LogP) is 0.718. The van der Waals surface area contributed by atoms with Crippen LogP contribution < -0.4 is 16.4 Å². The van der Waals surface area contributed by atoms with Crippen LogP contribution in [0.5, 0.6) is 0 Å². The zero-order chi connectivity index (χ0) is 13.1. The minimum Gasteiger partial charge on any atom is -0.375 e. The number of hydrogen-bond donors (Lipinski definition) is 3. The molecule has 1 saturated heterocycles. The maximum atomic E-state index is 12.9. The van der Waals surface area contributed by atoms with Crippen LogP contribution in [0, 0.1) is 0 Å². The first-order valence-corrected chi connectivity index (χ1v) is 6.82. The Labute approximate surface area is 109 Å². The van der Waals surface area contributed by atoms with Crippen LogP contribution >= 0.6 is 11.3 Å². The highest BCUT2D eigenvalue weighted by molar-refractivity contribution is 7.17. The summed E-state index contributed by atoms with van der Waals surface area (Å²) in [4.78, 5) is 16.6. The van der Waals surface area contributed by atoms with Crippen molar-refractivity contribution in [3.05, 3.63) is 10.6 Å². The number of thiazole rings is 1. The number of nitrogen functional groups attached to an aromatic ring is 1. The maximum absolute atomic E-state index is 12.9. The number of anilines is 1. The second-order valence-corrected chi connectivity index (χ2v) is 5.36. The average molecular weight is 272 g/mol. The van der Waals surface area contributed by atoms with Crippen molar-refractivity contribution < 1.29 is 9.18 Å². The molecule has 0 bridgehead atoms. The van der Waals surface area contributed by atoms with Gasteiger partial charge in [-0.15, -0.1) is 0 Å². The first-order valence-electron chi connectivity index (χ1n) is 6.01. The van der Waals surface area contributed by atoms with Gasteiger partial charge in [-0.3, -0.25) is 4.79 Å². The molecule has 5 nitrogen and oxygen atoms in total. The molecule has 100 valence electrons. The van der Waals surface area contributed by atoms with Crippen LogP contribution in [0.25, 0.3) is 0 Å². The normalized spacial score (nSPS) is 23.2. The van der Waals surface area contributed by atoms with Gasteiger partial charge in [-0.2, -0.15) is 0 Å². The minimum atomic E-state index is -0.808. The SMILES string of the molecule is CCc1nc(N)sc1C(=O)NC[C@@H]1C[C@H](F)CN1. The number of alkyl halides is 1. The summed E-state index contributed by atoms with van der Waals surface area (Å²) in [5.41, 5.74) is 6.31. The molecule has 1 aliphatic heterocycles. The van der Waals surface area contributed by atoms with Gasteiger partial charge in [0.05, 0.1) is 5.69 Å². The van der Waals surface area contributed by atoms with Gasteiger partial charge in [-0.1, -0.05) is 18.3 Å². The molecule has 0 spiro atoms. The van der Waals surface area contributed by atoms with E-state index in [9.17, 15) is 9.18 Å². The lowest BCUT2D eigenvalue weighted by molar-refractivity contribution is 0.0953. The Balaban J connectivity index is 1.91. The third-order valence-corrected chi connectivity index (χ3v) is 3.86. The molecule has 1 aliphatic rings. The minimum absolute atomic E-state index is 0.0132. The molecular weight excluding hydrogens is 255 g/mol. The van der Waals surface area contributed by atoms with Crippen molar-refractivity contribution in [2.75, 3.05) is 18.8 Å². The van der Waals surface area contributed by atoms with E-state index in [1.807, 2.05) is 6.92 Å². The zero-order valence-corrected chi connectivity index (χ0v) is 11.0. The average Bonchev–Trinajstić information content (AvgIpc) is 2.92. The van der Waals surface area contributed by atoms with Gasteiger partial charge in [0.1, 0.15) is 11.0 Å². The Bertz CT molecular complexity index is 437. The Morgan fingerprint density at radius 1 is 1.72 bits per heavy atom. The van der Waals surface area contributed by atoms with E-state index in [0.29, 0.717) is 35.9 Å². The molecule has 0 unspecified atom stereocenters. The molecule has 2 heterocycles. The highest BCUT2D eigenvalue weighted by atomic mass is 32.1. The van der Waals surface area contributed by atoms with E-state index in [-0.39, 0.29) is 11.9 Å². The molecule has 18 heavy (non-hydrogen) atoms. The van der Waals surface area contributed by atoms with Gasteiger partial charge in [0.2, 0.25) is 0 Å². The number of nitrogens with zero attached hydrogens (tertiary/aromatic N) is 1. The first-order chi connectivity index (χ1) is 8.60. The molecular formula is C11H17FN4OS. The lowest BCUT2D eigenvalue weighted by atomic mass is 10.2. The molecule has 0 aliphatic carbocycles. The lowest BCUT2D eigenvalue weighted by Gasteiger charge is -2.10. The fraction of sp³-hybridized carbons (Fsp3) is 0.636. The Morgan fingerprint density at radius 3 is 3.11 bits per heavy atom. The largest absolute Gasteiger partial charge is 0.375 e. The van der Waals surface area contributed by atoms with Crippen molar-refractivity contribution in [2.45, 2.75) is 32.0 Å². The quantitative estimate of drug-likeness (QED) is 0.754. The Hall–Kier alpha value is -1.21. The van der Waals surface area contributed by atoms with Crippen LogP contribution in [0.3, 0.4) is 0 Å². The highest BCUT2D eigenvalue weighted by Crippen LogP contribution is 2.20. The fourth-order valence-corrected chi connectivity index (χ4v) is 2.85. The number of aromatic nitrogens is 1. The fourth-order valence-electron chi connectivity index (χ4n) is 2.01. The van der Waals surface area contributed by atoms with Crippen LogP contribution in [0.1, 0.15) is 28.7 Å². The number of carbonyl (C=O) groups is 1. The van der Waals surface area contributed by atoms with Crippen molar-refractivity contribution in [1.82, 2.24) is 15.6 Å². The van der Waals surface area contributed by atoms with Crippen molar-refractivity contribution >= 4 is 22.4 Å². The summed E-state index contributed by atoms with van der Waals surface area (Å²) in [7, 11) is 0. The standard InChI is InChI=1S/C11H17FN4OS/c1-2-8-9(18-11(13)16-8)10(17)15-5-7-3-6(12)4-14-7/h6-7,14H,2-5H2,1H3,(H2,13,16)(H,15,17)/t6-,7-/m0/s1. The molecule has 1 amide bonds. The van der Waals surface area contributed by atoms with Crippen LogP contribution in [-0.2, 0) is 6.42 Å². The van der Waals surface area contributed by atoms with E-state index >= 15 is 0 Å². The van der Waals surface area contributed by atoms with Crippen molar-refractivity contribution in [3.63, 3.8) is 0 Å². The molecule has 4 N–H and O–H groups in total. The zero-order valence-electron chi connectivity index (χ0n) is 10.2. The van der Waals surface area contributed by atoms with Gasteiger partial charge in [-0.25, -0.2) is 9.37 Å². The van der Waals surface area contributed by atoms with Gasteiger partial charge < -0.3 is 16.4 Å². The number of aryl methyl sites for hydroxylation is 1. The summed E-state index contributed by atoms with van der Waals surface area (Å²) in [5, 5.41) is 6.22. The number of hydrogen-bond acceptors (Lipinski definition) is 5. The van der Waals surface area contributed by atoms with Gasteiger partial charge in [0, 0.05) is 19.1 Å². The van der Waals surface area contributed by atoms with Crippen LogP contribution in [0.4, 0.5) is 9.52 Å². The summed E-state index contributed by atoms with van der Waals surface area (Å²) >= 11 is 1.19. The Kier molecular flexibility index (Phi) is 4.13.